The van der Waals surface area contributed by atoms with Gasteiger partial charge in [-0.25, -0.2) is 0 Å². The Bertz CT molecular complexity index is 146. The zero-order chi connectivity index (χ0) is 6.97. The maximum Gasteiger partial charge on any atom is 0.00555 e. The summed E-state index contributed by atoms with van der Waals surface area (Å²) >= 11 is 0. The van der Waals surface area contributed by atoms with Crippen molar-refractivity contribution in [3.8, 4) is 0 Å². The average molecular weight is 155 g/mol. The lowest BCUT2D eigenvalue weighted by Gasteiger charge is -2.15. The maximum atomic E-state index is 3.74. The molecule has 0 N–H and O–H groups in total. The Hall–Kier alpha value is 0.130. The van der Waals surface area contributed by atoms with Crippen LogP contribution in [0.5, 0.6) is 0 Å². The summed E-state index contributed by atoms with van der Waals surface area (Å²) in [6, 6.07) is 0. The second-order valence-corrected chi connectivity index (χ2v) is 5.64. The largest absolute Gasteiger partial charge is 0.281 e. The van der Waals surface area contributed by atoms with Crippen molar-refractivity contribution in [1.82, 2.24) is 4.67 Å². The third kappa shape index (κ3) is 1.13. The van der Waals surface area contributed by atoms with Gasteiger partial charge in [0.2, 0.25) is 0 Å². The lowest BCUT2D eigenvalue weighted by molar-refractivity contribution is 0.482. The molecular formula is C8H14NP. The highest BCUT2D eigenvalue weighted by Crippen LogP contribution is 2.67. The molecule has 1 nitrogen and oxygen atoms in total. The molecular weight excluding hydrogens is 141 g/mol. The molecule has 2 aliphatic rings. The van der Waals surface area contributed by atoms with Crippen LogP contribution in [0.1, 0.15) is 12.8 Å². The Balaban J connectivity index is 1.77. The number of hydrogen-bond acceptors (Lipinski definition) is 1. The molecule has 2 heterocycles. The van der Waals surface area contributed by atoms with Crippen molar-refractivity contribution in [3.63, 3.8) is 0 Å². The second-order valence-electron chi connectivity index (χ2n) is 3.10. The van der Waals surface area contributed by atoms with Crippen LogP contribution in [0.2, 0.25) is 0 Å². The lowest BCUT2D eigenvalue weighted by atomic mass is 10.3. The summed E-state index contributed by atoms with van der Waals surface area (Å²) in [4.78, 5) is 0. The van der Waals surface area contributed by atoms with Gasteiger partial charge in [0.1, 0.15) is 0 Å². The van der Waals surface area contributed by atoms with Gasteiger partial charge in [-0.2, -0.15) is 0 Å². The number of hydrogen-bond donors (Lipinski definition) is 0. The number of fused-ring (bicyclic) bond motifs is 1. The van der Waals surface area contributed by atoms with E-state index in [0.29, 0.717) is 8.07 Å². The van der Waals surface area contributed by atoms with Gasteiger partial charge in [0.05, 0.1) is 0 Å². The minimum atomic E-state index is 0.412. The highest BCUT2D eigenvalue weighted by Gasteiger charge is 2.45. The molecule has 2 saturated heterocycles. The van der Waals surface area contributed by atoms with Crippen LogP contribution in [0.25, 0.3) is 0 Å². The van der Waals surface area contributed by atoms with E-state index in [9.17, 15) is 0 Å². The van der Waals surface area contributed by atoms with Crippen molar-refractivity contribution >= 4 is 8.07 Å². The van der Waals surface area contributed by atoms with E-state index in [4.69, 9.17) is 0 Å². The molecule has 0 saturated carbocycles. The summed E-state index contributed by atoms with van der Waals surface area (Å²) in [6.45, 7) is 6.40. The van der Waals surface area contributed by atoms with Gasteiger partial charge < -0.3 is 0 Å². The van der Waals surface area contributed by atoms with E-state index in [-0.39, 0.29) is 0 Å². The van der Waals surface area contributed by atoms with Crippen molar-refractivity contribution in [2.45, 2.75) is 18.5 Å². The predicted octanol–water partition coefficient (Wildman–Crippen LogP) is 2.05. The highest BCUT2D eigenvalue weighted by molar-refractivity contribution is 7.64. The van der Waals surface area contributed by atoms with Crippen LogP contribution in [0, 0.1) is 0 Å². The van der Waals surface area contributed by atoms with Gasteiger partial charge >= 0.3 is 0 Å². The third-order valence-corrected chi connectivity index (χ3v) is 5.12. The van der Waals surface area contributed by atoms with Gasteiger partial charge in [0.25, 0.3) is 0 Å². The van der Waals surface area contributed by atoms with Crippen LogP contribution < -0.4 is 0 Å². The van der Waals surface area contributed by atoms with E-state index in [2.05, 4.69) is 11.2 Å². The maximum absolute atomic E-state index is 3.74. The van der Waals surface area contributed by atoms with Crippen LogP contribution in [-0.4, -0.2) is 29.6 Å². The first-order valence-corrected chi connectivity index (χ1v) is 5.59. The highest BCUT2D eigenvalue weighted by atomic mass is 31.1. The minimum Gasteiger partial charge on any atom is -0.281 e. The standard InChI is InChI=1S/C8H14NP/c1-2-3-5-9-6-4-8-7-10(8)9/h2,8H,1,3-7H2. The van der Waals surface area contributed by atoms with E-state index in [1.165, 1.54) is 25.9 Å². The Morgan fingerprint density at radius 2 is 2.60 bits per heavy atom. The molecule has 0 spiro atoms. The summed E-state index contributed by atoms with van der Waals surface area (Å²) in [5.74, 6) is 0. The molecule has 2 atom stereocenters. The molecule has 0 bridgehead atoms. The van der Waals surface area contributed by atoms with Gasteiger partial charge in [0.15, 0.2) is 0 Å². The zero-order valence-corrected chi connectivity index (χ0v) is 7.19. The molecule has 0 amide bonds. The van der Waals surface area contributed by atoms with Gasteiger partial charge in [-0.1, -0.05) is 6.08 Å². The fourth-order valence-corrected chi connectivity index (χ4v) is 4.25. The monoisotopic (exact) mass is 155 g/mol. The fraction of sp³-hybridized carbons (Fsp3) is 0.750. The molecule has 2 fully saturated rings. The first-order valence-electron chi connectivity index (χ1n) is 4.04. The molecule has 0 aromatic rings. The van der Waals surface area contributed by atoms with Gasteiger partial charge in [-0.3, -0.25) is 4.67 Å². The molecule has 2 rings (SSSR count). The van der Waals surface area contributed by atoms with Crippen LogP contribution in [0.4, 0.5) is 0 Å². The van der Waals surface area contributed by atoms with E-state index in [1.807, 2.05) is 6.08 Å². The Morgan fingerprint density at radius 1 is 1.70 bits per heavy atom. The Morgan fingerprint density at radius 3 is 3.10 bits per heavy atom. The molecule has 56 valence electrons. The Labute approximate surface area is 63.9 Å². The predicted molar refractivity (Wildman–Crippen MR) is 46.6 cm³/mol. The van der Waals surface area contributed by atoms with Gasteiger partial charge in [-0.05, 0) is 32.7 Å². The first kappa shape index (κ1) is 6.82. The van der Waals surface area contributed by atoms with Crippen molar-refractivity contribution in [2.24, 2.45) is 0 Å². The summed E-state index contributed by atoms with van der Waals surface area (Å²) in [6.07, 6.45) is 6.26. The topological polar surface area (TPSA) is 3.24 Å². The smallest absolute Gasteiger partial charge is 0.00555 e. The third-order valence-electron chi connectivity index (χ3n) is 2.36. The molecule has 2 aliphatic heterocycles. The molecule has 0 aliphatic carbocycles. The second kappa shape index (κ2) is 2.64. The van der Waals surface area contributed by atoms with Crippen molar-refractivity contribution < 1.29 is 0 Å². The van der Waals surface area contributed by atoms with Crippen LogP contribution in [0.3, 0.4) is 0 Å². The summed E-state index contributed by atoms with van der Waals surface area (Å²) in [7, 11) is 0.412. The molecule has 2 heteroatoms. The molecule has 10 heavy (non-hydrogen) atoms. The van der Waals surface area contributed by atoms with Crippen LogP contribution in [-0.2, 0) is 0 Å². The van der Waals surface area contributed by atoms with E-state index in [1.54, 1.807) is 6.16 Å². The van der Waals surface area contributed by atoms with Gasteiger partial charge in [0, 0.05) is 13.1 Å². The number of nitrogens with zero attached hydrogens (tertiary/aromatic N) is 1. The summed E-state index contributed by atoms with van der Waals surface area (Å²) in [5.41, 5.74) is 1.15. The minimum absolute atomic E-state index is 0.412. The average Bonchev–Trinajstić information content (AvgIpc) is 2.63. The number of rotatable bonds is 3. The summed E-state index contributed by atoms with van der Waals surface area (Å²) in [5, 5.41) is 0. The lowest BCUT2D eigenvalue weighted by Crippen LogP contribution is -2.13. The van der Waals surface area contributed by atoms with Crippen LogP contribution >= 0.6 is 8.07 Å². The van der Waals surface area contributed by atoms with Gasteiger partial charge in [-0.15, -0.1) is 6.58 Å². The van der Waals surface area contributed by atoms with Crippen molar-refractivity contribution in [2.75, 3.05) is 19.3 Å². The molecule has 0 aromatic heterocycles. The molecule has 0 radical (unpaired) electrons. The van der Waals surface area contributed by atoms with Crippen molar-refractivity contribution in [3.05, 3.63) is 12.7 Å². The normalized spacial score (nSPS) is 37.6. The zero-order valence-electron chi connectivity index (χ0n) is 6.29. The quantitative estimate of drug-likeness (QED) is 0.445. The van der Waals surface area contributed by atoms with E-state index in [0.717, 1.165) is 5.66 Å². The first-order chi connectivity index (χ1) is 4.92. The fourth-order valence-electron chi connectivity index (χ4n) is 1.66. The summed E-state index contributed by atoms with van der Waals surface area (Å²) < 4.78 is 2.68. The van der Waals surface area contributed by atoms with Crippen LogP contribution in [0.15, 0.2) is 12.7 Å². The van der Waals surface area contributed by atoms with Crippen molar-refractivity contribution in [1.29, 1.82) is 0 Å². The van der Waals surface area contributed by atoms with E-state index >= 15 is 0 Å². The molecule has 2 unspecified atom stereocenters. The molecule has 0 aromatic carbocycles. The SMILES string of the molecule is C=CCCN1CCC2CP21. The Kier molecular flexibility index (Phi) is 1.80. The van der Waals surface area contributed by atoms with E-state index < -0.39 is 0 Å².